The third-order valence-corrected chi connectivity index (χ3v) is 3.36. The first-order valence-electron chi connectivity index (χ1n) is 5.87. The highest BCUT2D eigenvalue weighted by Gasteiger charge is 2.04. The lowest BCUT2D eigenvalue weighted by molar-refractivity contribution is 1.47. The van der Waals surface area contributed by atoms with Gasteiger partial charge >= 0.3 is 0 Å². The molecule has 86 valence electrons. The monoisotopic (exact) mass is 233 g/mol. The summed E-state index contributed by atoms with van der Waals surface area (Å²) in [7, 11) is 0. The Hall–Kier alpha value is -2.55. The van der Waals surface area contributed by atoms with Crippen molar-refractivity contribution in [2.45, 2.75) is 0 Å². The van der Waals surface area contributed by atoms with E-state index >= 15 is 0 Å². The second kappa shape index (κ2) is 3.23. The maximum Gasteiger partial charge on any atom is 0.0723 e. The topological polar surface area (TPSA) is 54.7 Å². The van der Waals surface area contributed by atoms with Crippen LogP contribution >= 0.6 is 0 Å². The number of aromatic amines is 1. The lowest BCUT2D eigenvalue weighted by Crippen LogP contribution is -1.87. The van der Waals surface area contributed by atoms with Crippen molar-refractivity contribution in [1.29, 1.82) is 0 Å². The maximum atomic E-state index is 5.83. The SMILES string of the molecule is Nc1ccc2cc3ccc4nccc4c3[nH]c2c1. The summed E-state index contributed by atoms with van der Waals surface area (Å²) in [5.41, 5.74) is 9.78. The Morgan fingerprint density at radius 2 is 1.83 bits per heavy atom. The minimum atomic E-state index is 0.769. The zero-order valence-electron chi connectivity index (χ0n) is 9.64. The predicted molar refractivity (Wildman–Crippen MR) is 75.5 cm³/mol. The number of nitrogen functional groups attached to an aromatic ring is 1. The second-order valence-electron chi connectivity index (χ2n) is 4.52. The molecule has 3 N–H and O–H groups in total. The van der Waals surface area contributed by atoms with Gasteiger partial charge in [-0.1, -0.05) is 12.1 Å². The van der Waals surface area contributed by atoms with Gasteiger partial charge in [-0.05, 0) is 41.1 Å². The van der Waals surface area contributed by atoms with Gasteiger partial charge in [-0.15, -0.1) is 0 Å². The van der Waals surface area contributed by atoms with E-state index in [9.17, 15) is 0 Å². The minimum absolute atomic E-state index is 0.769. The van der Waals surface area contributed by atoms with Crippen LogP contribution < -0.4 is 5.73 Å². The molecule has 3 nitrogen and oxygen atoms in total. The number of hydrogen-bond donors (Lipinski definition) is 2. The molecule has 0 bridgehead atoms. The summed E-state index contributed by atoms with van der Waals surface area (Å²) in [6, 6.07) is 14.3. The van der Waals surface area contributed by atoms with Gasteiger partial charge in [-0.25, -0.2) is 0 Å². The quantitative estimate of drug-likeness (QED) is 0.361. The molecule has 0 saturated heterocycles. The maximum absolute atomic E-state index is 5.83. The van der Waals surface area contributed by atoms with Crippen molar-refractivity contribution >= 4 is 38.4 Å². The molecule has 2 aromatic carbocycles. The van der Waals surface area contributed by atoms with Gasteiger partial charge in [0, 0.05) is 22.8 Å². The molecule has 0 fully saturated rings. The number of rotatable bonds is 0. The highest BCUT2D eigenvalue weighted by atomic mass is 14.7. The summed E-state index contributed by atoms with van der Waals surface area (Å²) in [5, 5.41) is 3.50. The van der Waals surface area contributed by atoms with Gasteiger partial charge in [0.1, 0.15) is 0 Å². The van der Waals surface area contributed by atoms with E-state index in [4.69, 9.17) is 5.73 Å². The first kappa shape index (κ1) is 9.48. The Morgan fingerprint density at radius 1 is 0.944 bits per heavy atom. The molecule has 4 aromatic rings. The minimum Gasteiger partial charge on any atom is -0.399 e. The van der Waals surface area contributed by atoms with Gasteiger partial charge in [-0.2, -0.15) is 0 Å². The van der Waals surface area contributed by atoms with Crippen molar-refractivity contribution in [2.75, 3.05) is 5.73 Å². The lowest BCUT2D eigenvalue weighted by Gasteiger charge is -2.05. The zero-order chi connectivity index (χ0) is 12.1. The molecule has 2 aromatic heterocycles. The molecular weight excluding hydrogens is 222 g/mol. The average Bonchev–Trinajstić information content (AvgIpc) is 2.85. The average molecular weight is 233 g/mol. The molecule has 2 heterocycles. The highest BCUT2D eigenvalue weighted by Crippen LogP contribution is 2.27. The molecule has 0 amide bonds. The Bertz CT molecular complexity index is 890. The van der Waals surface area contributed by atoms with Crippen molar-refractivity contribution in [3.05, 3.63) is 48.7 Å². The Labute approximate surface area is 103 Å². The molecule has 0 unspecified atom stereocenters. The Kier molecular flexibility index (Phi) is 1.70. The van der Waals surface area contributed by atoms with E-state index in [1.54, 1.807) is 0 Å². The van der Waals surface area contributed by atoms with Gasteiger partial charge in [0.15, 0.2) is 0 Å². The lowest BCUT2D eigenvalue weighted by atomic mass is 10.1. The molecule has 4 rings (SSSR count). The molecule has 0 aliphatic rings. The van der Waals surface area contributed by atoms with Crippen LogP contribution in [0.15, 0.2) is 48.7 Å². The summed E-state index contributed by atoms with van der Waals surface area (Å²) in [5.74, 6) is 0. The van der Waals surface area contributed by atoms with Gasteiger partial charge < -0.3 is 10.7 Å². The number of benzene rings is 2. The summed E-state index contributed by atoms with van der Waals surface area (Å²) in [6.45, 7) is 0. The number of nitrogens with zero attached hydrogens (tertiary/aromatic N) is 1. The van der Waals surface area contributed by atoms with Crippen LogP contribution in [0.5, 0.6) is 0 Å². The third-order valence-electron chi connectivity index (χ3n) is 3.36. The fourth-order valence-corrected chi connectivity index (χ4v) is 2.47. The largest absolute Gasteiger partial charge is 0.399 e. The van der Waals surface area contributed by atoms with Crippen LogP contribution in [-0.4, -0.2) is 9.97 Å². The molecular formula is C15H11N3. The summed E-state index contributed by atoms with van der Waals surface area (Å²) >= 11 is 0. The Balaban J connectivity index is 2.25. The normalized spacial score (nSPS) is 11.6. The van der Waals surface area contributed by atoms with Crippen LogP contribution in [-0.2, 0) is 0 Å². The number of anilines is 1. The molecule has 0 spiro atoms. The smallest absolute Gasteiger partial charge is 0.0723 e. The number of aromatic nitrogens is 2. The van der Waals surface area contributed by atoms with Crippen molar-refractivity contribution in [1.82, 2.24) is 9.97 Å². The Morgan fingerprint density at radius 3 is 2.78 bits per heavy atom. The number of hydrogen-bond acceptors (Lipinski definition) is 2. The van der Waals surface area contributed by atoms with E-state index in [2.05, 4.69) is 28.2 Å². The van der Waals surface area contributed by atoms with Crippen molar-refractivity contribution in [3.8, 4) is 0 Å². The van der Waals surface area contributed by atoms with E-state index < -0.39 is 0 Å². The predicted octanol–water partition coefficient (Wildman–Crippen LogP) is 3.45. The van der Waals surface area contributed by atoms with Gasteiger partial charge in [-0.3, -0.25) is 4.98 Å². The van der Waals surface area contributed by atoms with Crippen molar-refractivity contribution < 1.29 is 0 Å². The van der Waals surface area contributed by atoms with Crippen molar-refractivity contribution in [2.24, 2.45) is 0 Å². The van der Waals surface area contributed by atoms with E-state index in [1.807, 2.05) is 30.5 Å². The first-order valence-corrected chi connectivity index (χ1v) is 5.87. The summed E-state index contributed by atoms with van der Waals surface area (Å²) in [6.07, 6.45) is 1.83. The van der Waals surface area contributed by atoms with E-state index in [0.717, 1.165) is 33.0 Å². The van der Waals surface area contributed by atoms with Crippen LogP contribution in [0.2, 0.25) is 0 Å². The second-order valence-corrected chi connectivity index (χ2v) is 4.52. The van der Waals surface area contributed by atoms with Crippen molar-refractivity contribution in [3.63, 3.8) is 0 Å². The standard InChI is InChI=1S/C15H11N3/c16-11-3-1-9-7-10-2-4-13-12(5-6-17-13)15(10)18-14(9)8-11/h1-8,18H,16H2. The van der Waals surface area contributed by atoms with E-state index in [1.165, 1.54) is 5.39 Å². The van der Waals surface area contributed by atoms with Crippen LogP contribution in [0, 0.1) is 0 Å². The zero-order valence-corrected chi connectivity index (χ0v) is 9.64. The third kappa shape index (κ3) is 1.21. The number of pyridine rings is 1. The number of fused-ring (bicyclic) bond motifs is 4. The first-order chi connectivity index (χ1) is 8.81. The fourth-order valence-electron chi connectivity index (χ4n) is 2.47. The van der Waals surface area contributed by atoms with Crippen LogP contribution in [0.4, 0.5) is 5.69 Å². The number of nitrogens with one attached hydrogen (secondary N) is 1. The van der Waals surface area contributed by atoms with E-state index in [-0.39, 0.29) is 0 Å². The summed E-state index contributed by atoms with van der Waals surface area (Å²) < 4.78 is 0. The molecule has 0 radical (unpaired) electrons. The van der Waals surface area contributed by atoms with E-state index in [0.29, 0.717) is 0 Å². The number of nitrogens with two attached hydrogens (primary N) is 1. The molecule has 0 atom stereocenters. The van der Waals surface area contributed by atoms with Crippen LogP contribution in [0.3, 0.4) is 0 Å². The number of H-pyrrole nitrogens is 1. The van der Waals surface area contributed by atoms with Crippen LogP contribution in [0.1, 0.15) is 0 Å². The molecule has 0 aliphatic carbocycles. The van der Waals surface area contributed by atoms with Gasteiger partial charge in [0.2, 0.25) is 0 Å². The molecule has 18 heavy (non-hydrogen) atoms. The fraction of sp³-hybridized carbons (Fsp3) is 0. The molecule has 0 aliphatic heterocycles. The summed E-state index contributed by atoms with van der Waals surface area (Å²) in [4.78, 5) is 7.78. The van der Waals surface area contributed by atoms with Gasteiger partial charge in [0.25, 0.3) is 0 Å². The molecule has 3 heteroatoms. The molecule has 0 saturated carbocycles. The van der Waals surface area contributed by atoms with Gasteiger partial charge in [0.05, 0.1) is 11.0 Å². The highest BCUT2D eigenvalue weighted by molar-refractivity contribution is 6.07. The van der Waals surface area contributed by atoms with Crippen LogP contribution in [0.25, 0.3) is 32.7 Å².